The van der Waals surface area contributed by atoms with Crippen molar-refractivity contribution in [1.29, 1.82) is 0 Å². The second-order valence-electron chi connectivity index (χ2n) is 5.64. The van der Waals surface area contributed by atoms with Crippen molar-refractivity contribution in [3.63, 3.8) is 0 Å². The summed E-state index contributed by atoms with van der Waals surface area (Å²) in [7, 11) is 0. The molecule has 138 valence electrons. The van der Waals surface area contributed by atoms with Crippen molar-refractivity contribution in [2.24, 2.45) is 0 Å². The molecule has 1 unspecified atom stereocenters. The van der Waals surface area contributed by atoms with Crippen molar-refractivity contribution < 1.29 is 22.7 Å². The number of carbonyl (C=O) groups excluding carboxylic acids is 1. The maximum atomic E-state index is 12.4. The predicted octanol–water partition coefficient (Wildman–Crippen LogP) is 2.79. The molecule has 26 heavy (non-hydrogen) atoms. The quantitative estimate of drug-likeness (QED) is 0.845. The zero-order chi connectivity index (χ0) is 18.7. The van der Waals surface area contributed by atoms with E-state index in [1.54, 1.807) is 0 Å². The van der Waals surface area contributed by atoms with Crippen molar-refractivity contribution in [3.8, 4) is 17.0 Å². The fourth-order valence-corrected chi connectivity index (χ4v) is 2.65. The lowest BCUT2D eigenvalue weighted by Crippen LogP contribution is -2.36. The molecule has 3 rings (SSSR count). The number of halogens is 4. The summed E-state index contributed by atoms with van der Waals surface area (Å²) in [6.45, 7) is 1.54. The number of ether oxygens (including phenoxy) is 1. The summed E-state index contributed by atoms with van der Waals surface area (Å²) in [4.78, 5) is 20.2. The molecule has 0 aliphatic carbocycles. The fourth-order valence-electron chi connectivity index (χ4n) is 2.50. The predicted molar refractivity (Wildman–Crippen MR) is 87.9 cm³/mol. The first-order chi connectivity index (χ1) is 12.3. The molecule has 1 fully saturated rings. The zero-order valence-electron chi connectivity index (χ0n) is 13.3. The highest BCUT2D eigenvalue weighted by Gasteiger charge is 2.32. The van der Waals surface area contributed by atoms with Gasteiger partial charge in [-0.1, -0.05) is 17.7 Å². The van der Waals surface area contributed by atoms with Gasteiger partial charge in [0.2, 0.25) is 0 Å². The summed E-state index contributed by atoms with van der Waals surface area (Å²) in [5.74, 6) is -0.885. The van der Waals surface area contributed by atoms with E-state index in [0.29, 0.717) is 12.1 Å². The minimum Gasteiger partial charge on any atom is -0.404 e. The second-order valence-corrected chi connectivity index (χ2v) is 6.05. The Kier molecular flexibility index (Phi) is 5.28. The number of aromatic nitrogens is 2. The maximum absolute atomic E-state index is 12.4. The van der Waals surface area contributed by atoms with Gasteiger partial charge in [0, 0.05) is 18.2 Å². The van der Waals surface area contributed by atoms with Crippen molar-refractivity contribution >= 4 is 17.5 Å². The van der Waals surface area contributed by atoms with Crippen molar-refractivity contribution in [2.45, 2.75) is 18.8 Å². The summed E-state index contributed by atoms with van der Waals surface area (Å²) >= 11 is 5.72. The van der Waals surface area contributed by atoms with Crippen LogP contribution in [0.5, 0.6) is 5.75 Å². The smallest absolute Gasteiger partial charge is 0.404 e. The van der Waals surface area contributed by atoms with E-state index in [4.69, 9.17) is 11.6 Å². The van der Waals surface area contributed by atoms with Gasteiger partial charge in [-0.05, 0) is 25.1 Å². The van der Waals surface area contributed by atoms with E-state index < -0.39 is 12.1 Å². The third kappa shape index (κ3) is 4.61. The Bertz CT molecular complexity index is 793. The van der Waals surface area contributed by atoms with Gasteiger partial charge >= 0.3 is 6.36 Å². The first-order valence-corrected chi connectivity index (χ1v) is 8.09. The third-order valence-corrected chi connectivity index (χ3v) is 4.04. The normalized spacial score (nSPS) is 17.2. The third-order valence-electron chi connectivity index (χ3n) is 3.73. The van der Waals surface area contributed by atoms with Gasteiger partial charge in [-0.25, -0.2) is 4.98 Å². The summed E-state index contributed by atoms with van der Waals surface area (Å²) in [5, 5.41) is 5.78. The van der Waals surface area contributed by atoms with Crippen LogP contribution in [0.2, 0.25) is 5.02 Å². The molecule has 2 heterocycles. The summed E-state index contributed by atoms with van der Waals surface area (Å²) in [5.41, 5.74) is 0.738. The van der Waals surface area contributed by atoms with Crippen LogP contribution in [0.15, 0.2) is 30.6 Å². The topological polar surface area (TPSA) is 76.1 Å². The van der Waals surface area contributed by atoms with Crippen LogP contribution < -0.4 is 15.4 Å². The molecule has 0 saturated carbocycles. The molecule has 1 aliphatic heterocycles. The van der Waals surface area contributed by atoms with Gasteiger partial charge in [0.1, 0.15) is 11.4 Å². The van der Waals surface area contributed by atoms with Gasteiger partial charge in [-0.3, -0.25) is 9.78 Å². The molecule has 6 nitrogen and oxygen atoms in total. The van der Waals surface area contributed by atoms with E-state index >= 15 is 0 Å². The van der Waals surface area contributed by atoms with Crippen molar-refractivity contribution in [2.75, 3.05) is 13.1 Å². The van der Waals surface area contributed by atoms with Gasteiger partial charge in [-0.2, -0.15) is 0 Å². The molecule has 0 radical (unpaired) electrons. The Morgan fingerprint density at radius 1 is 1.31 bits per heavy atom. The number of amides is 1. The summed E-state index contributed by atoms with van der Waals surface area (Å²) in [6.07, 6.45) is -1.44. The van der Waals surface area contributed by atoms with Crippen LogP contribution in [0.3, 0.4) is 0 Å². The number of hydrogen-bond donors (Lipinski definition) is 2. The molecule has 10 heteroatoms. The highest BCUT2D eigenvalue weighted by molar-refractivity contribution is 6.32. The highest BCUT2D eigenvalue weighted by Crippen LogP contribution is 2.33. The Morgan fingerprint density at radius 3 is 2.73 bits per heavy atom. The fraction of sp³-hybridized carbons (Fsp3) is 0.312. The summed E-state index contributed by atoms with van der Waals surface area (Å²) < 4.78 is 41.1. The number of hydrogen-bond acceptors (Lipinski definition) is 5. The summed E-state index contributed by atoms with van der Waals surface area (Å²) in [6, 6.07) is 3.92. The van der Waals surface area contributed by atoms with Crippen LogP contribution in [0, 0.1) is 0 Å². The van der Waals surface area contributed by atoms with Gasteiger partial charge in [-0.15, -0.1) is 13.2 Å². The largest absolute Gasteiger partial charge is 0.573 e. The molecular formula is C16H14ClF3N4O2. The average molecular weight is 387 g/mol. The van der Waals surface area contributed by atoms with Crippen LogP contribution in [-0.4, -0.2) is 41.4 Å². The van der Waals surface area contributed by atoms with Crippen molar-refractivity contribution in [3.05, 3.63) is 41.3 Å². The molecule has 1 atom stereocenters. The van der Waals surface area contributed by atoms with Crippen LogP contribution >= 0.6 is 11.6 Å². The van der Waals surface area contributed by atoms with E-state index in [0.717, 1.165) is 19.0 Å². The number of rotatable bonds is 4. The van der Waals surface area contributed by atoms with Crippen LogP contribution in [0.1, 0.15) is 16.9 Å². The molecule has 1 amide bonds. The zero-order valence-corrected chi connectivity index (χ0v) is 14.1. The lowest BCUT2D eigenvalue weighted by atomic mass is 10.1. The van der Waals surface area contributed by atoms with Crippen LogP contribution in [0.25, 0.3) is 11.3 Å². The molecular weight excluding hydrogens is 373 g/mol. The first-order valence-electron chi connectivity index (χ1n) is 7.71. The van der Waals surface area contributed by atoms with Gasteiger partial charge in [0.15, 0.2) is 0 Å². The minimum atomic E-state index is -4.86. The molecule has 1 aliphatic rings. The van der Waals surface area contributed by atoms with Crippen LogP contribution in [-0.2, 0) is 0 Å². The molecule has 1 saturated heterocycles. The van der Waals surface area contributed by atoms with E-state index in [2.05, 4.69) is 25.3 Å². The average Bonchev–Trinajstić information content (AvgIpc) is 3.09. The highest BCUT2D eigenvalue weighted by atomic mass is 35.5. The number of benzene rings is 1. The van der Waals surface area contributed by atoms with Gasteiger partial charge in [0.05, 0.1) is 23.1 Å². The number of nitrogens with one attached hydrogen (secondary N) is 2. The van der Waals surface area contributed by atoms with Crippen molar-refractivity contribution in [1.82, 2.24) is 20.6 Å². The van der Waals surface area contributed by atoms with Gasteiger partial charge < -0.3 is 15.4 Å². The lowest BCUT2D eigenvalue weighted by Gasteiger charge is -2.12. The Balaban J connectivity index is 1.75. The van der Waals surface area contributed by atoms with Gasteiger partial charge in [0.25, 0.3) is 5.91 Å². The Morgan fingerprint density at radius 2 is 2.12 bits per heavy atom. The Labute approximate surface area is 151 Å². The lowest BCUT2D eigenvalue weighted by molar-refractivity contribution is -0.274. The Hall–Kier alpha value is -2.39. The molecule has 2 N–H and O–H groups in total. The SMILES string of the molecule is O=C(NC1CCNC1)c1cnc(-c2ccc(Cl)c(OC(F)(F)F)c2)cn1. The van der Waals surface area contributed by atoms with Crippen LogP contribution in [0.4, 0.5) is 13.2 Å². The van der Waals surface area contributed by atoms with E-state index in [1.165, 1.54) is 24.5 Å². The number of alkyl halides is 3. The maximum Gasteiger partial charge on any atom is 0.573 e. The van der Waals surface area contributed by atoms with E-state index in [1.807, 2.05) is 0 Å². The minimum absolute atomic E-state index is 0.0438. The molecule has 2 aromatic rings. The molecule has 0 bridgehead atoms. The molecule has 0 spiro atoms. The van der Waals surface area contributed by atoms with E-state index in [9.17, 15) is 18.0 Å². The number of carbonyl (C=O) groups is 1. The first kappa shape index (κ1) is 18.4. The molecule has 1 aromatic heterocycles. The standard InChI is InChI=1S/C16H14ClF3N4O2/c17-11-2-1-9(5-14(11)26-16(18,19)20)12-7-23-13(8-22-12)15(25)24-10-3-4-21-6-10/h1-2,5,7-8,10,21H,3-4,6H2,(H,24,25). The molecule has 1 aromatic carbocycles. The number of nitrogens with zero attached hydrogens (tertiary/aromatic N) is 2. The monoisotopic (exact) mass is 386 g/mol. The second kappa shape index (κ2) is 7.46. The van der Waals surface area contributed by atoms with E-state index in [-0.39, 0.29) is 28.4 Å².